The summed E-state index contributed by atoms with van der Waals surface area (Å²) in [4.78, 5) is 11.2. The molecule has 1 aromatic rings. The van der Waals surface area contributed by atoms with Gasteiger partial charge in [0.25, 0.3) is 0 Å². The lowest BCUT2D eigenvalue weighted by Gasteiger charge is -2.11. The second-order valence-corrected chi connectivity index (χ2v) is 3.52. The summed E-state index contributed by atoms with van der Waals surface area (Å²) in [6.45, 7) is 1.61. The van der Waals surface area contributed by atoms with Gasteiger partial charge in [-0.15, -0.1) is 0 Å². The van der Waals surface area contributed by atoms with Gasteiger partial charge in [-0.1, -0.05) is 0 Å². The van der Waals surface area contributed by atoms with E-state index in [2.05, 4.69) is 4.74 Å². The maximum Gasteiger partial charge on any atom is 0.323 e. The van der Waals surface area contributed by atoms with Crippen LogP contribution in [-0.4, -0.2) is 18.6 Å². The molecule has 0 aliphatic carbocycles. The number of esters is 1. The molecule has 0 bridgehead atoms. The van der Waals surface area contributed by atoms with Crippen molar-refractivity contribution in [3.8, 4) is 0 Å². The molecule has 0 aromatic heterocycles. The summed E-state index contributed by atoms with van der Waals surface area (Å²) < 4.78 is 56.3. The van der Waals surface area contributed by atoms with Crippen molar-refractivity contribution >= 4 is 5.97 Å². The number of halogens is 4. The minimum Gasteiger partial charge on any atom is -0.465 e. The van der Waals surface area contributed by atoms with E-state index < -0.39 is 47.3 Å². The normalized spacial score (nSPS) is 12.3. The molecule has 0 spiro atoms. The molecule has 0 saturated carbocycles. The molecule has 0 fully saturated rings. The quantitative estimate of drug-likeness (QED) is 0.390. The molecule has 2 N–H and O–H groups in total. The highest BCUT2D eigenvalue weighted by molar-refractivity contribution is 5.75. The van der Waals surface area contributed by atoms with E-state index in [1.165, 1.54) is 0 Å². The average Bonchev–Trinajstić information content (AvgIpc) is 2.33. The van der Waals surface area contributed by atoms with E-state index >= 15 is 0 Å². The van der Waals surface area contributed by atoms with Gasteiger partial charge >= 0.3 is 5.97 Å². The molecule has 18 heavy (non-hydrogen) atoms. The highest BCUT2D eigenvalue weighted by atomic mass is 19.2. The number of hydrogen-bond acceptors (Lipinski definition) is 3. The van der Waals surface area contributed by atoms with E-state index in [0.717, 1.165) is 0 Å². The zero-order valence-corrected chi connectivity index (χ0v) is 9.47. The molecular weight excluding hydrogens is 254 g/mol. The smallest absolute Gasteiger partial charge is 0.323 e. The molecule has 0 aliphatic heterocycles. The molecule has 0 heterocycles. The Bertz CT molecular complexity index is 465. The Balaban J connectivity index is 2.95. The molecule has 100 valence electrons. The number of hydrogen-bond donors (Lipinski definition) is 1. The van der Waals surface area contributed by atoms with E-state index in [-0.39, 0.29) is 6.61 Å². The third kappa shape index (κ3) is 2.98. The SMILES string of the molecule is CCOC(=O)C(N)Cc1cc(F)c(F)c(F)c1F. The lowest BCUT2D eigenvalue weighted by atomic mass is 10.1. The van der Waals surface area contributed by atoms with Gasteiger partial charge in [-0.2, -0.15) is 0 Å². The van der Waals surface area contributed by atoms with Crippen LogP contribution in [0.25, 0.3) is 0 Å². The van der Waals surface area contributed by atoms with Crippen LogP contribution in [0.3, 0.4) is 0 Å². The van der Waals surface area contributed by atoms with Gasteiger partial charge in [-0.25, -0.2) is 17.6 Å². The second kappa shape index (κ2) is 5.81. The Morgan fingerprint density at radius 2 is 1.89 bits per heavy atom. The summed E-state index contributed by atoms with van der Waals surface area (Å²) in [5.41, 5.74) is 4.84. The molecule has 0 aliphatic rings. The van der Waals surface area contributed by atoms with Gasteiger partial charge in [0, 0.05) is 6.42 Å². The summed E-state index contributed by atoms with van der Waals surface area (Å²) >= 11 is 0. The minimum absolute atomic E-state index is 0.0706. The van der Waals surface area contributed by atoms with Crippen LogP contribution >= 0.6 is 0 Å². The Morgan fingerprint density at radius 3 is 2.44 bits per heavy atom. The molecule has 1 atom stereocenters. The van der Waals surface area contributed by atoms with Gasteiger partial charge in [0.2, 0.25) is 0 Å². The molecule has 0 radical (unpaired) electrons. The van der Waals surface area contributed by atoms with E-state index in [4.69, 9.17) is 5.73 Å². The molecule has 3 nitrogen and oxygen atoms in total. The van der Waals surface area contributed by atoms with Crippen LogP contribution in [0.5, 0.6) is 0 Å². The van der Waals surface area contributed by atoms with Crippen LogP contribution in [0.1, 0.15) is 12.5 Å². The molecule has 0 amide bonds. The fraction of sp³-hybridized carbons (Fsp3) is 0.364. The predicted molar refractivity (Wildman–Crippen MR) is 54.6 cm³/mol. The van der Waals surface area contributed by atoms with Gasteiger partial charge in [-0.05, 0) is 18.6 Å². The first-order chi connectivity index (χ1) is 8.38. The summed E-state index contributed by atoms with van der Waals surface area (Å²) in [7, 11) is 0. The first kappa shape index (κ1) is 14.4. The number of nitrogens with two attached hydrogens (primary N) is 1. The molecule has 1 aromatic carbocycles. The highest BCUT2D eigenvalue weighted by Gasteiger charge is 2.23. The van der Waals surface area contributed by atoms with Crippen molar-refractivity contribution in [1.82, 2.24) is 0 Å². The van der Waals surface area contributed by atoms with Crippen molar-refractivity contribution in [1.29, 1.82) is 0 Å². The van der Waals surface area contributed by atoms with Crippen LogP contribution in [0.15, 0.2) is 6.07 Å². The van der Waals surface area contributed by atoms with Crippen LogP contribution < -0.4 is 5.73 Å². The third-order valence-electron chi connectivity index (χ3n) is 2.21. The van der Waals surface area contributed by atoms with Gasteiger partial charge in [-0.3, -0.25) is 4.79 Å². The average molecular weight is 265 g/mol. The van der Waals surface area contributed by atoms with Crippen LogP contribution in [0.4, 0.5) is 17.6 Å². The molecule has 1 unspecified atom stereocenters. The minimum atomic E-state index is -1.93. The number of carbonyl (C=O) groups excluding carboxylic acids is 1. The Hall–Kier alpha value is -1.63. The van der Waals surface area contributed by atoms with Gasteiger partial charge < -0.3 is 10.5 Å². The molecule has 1 rings (SSSR count). The monoisotopic (exact) mass is 265 g/mol. The number of benzene rings is 1. The molecule has 0 saturated heterocycles. The van der Waals surface area contributed by atoms with Crippen molar-refractivity contribution in [3.63, 3.8) is 0 Å². The van der Waals surface area contributed by atoms with Gasteiger partial charge in [0.1, 0.15) is 6.04 Å². The number of carbonyl (C=O) groups is 1. The maximum absolute atomic E-state index is 13.3. The fourth-order valence-corrected chi connectivity index (χ4v) is 1.34. The summed E-state index contributed by atoms with van der Waals surface area (Å²) in [6, 6.07) is -0.809. The predicted octanol–water partition coefficient (Wildman–Crippen LogP) is 1.68. The molecule has 7 heteroatoms. The van der Waals surface area contributed by atoms with Crippen molar-refractivity contribution in [3.05, 3.63) is 34.9 Å². The topological polar surface area (TPSA) is 52.3 Å². The van der Waals surface area contributed by atoms with Crippen molar-refractivity contribution in [2.24, 2.45) is 5.73 Å². The Labute approximate surface area is 101 Å². The summed E-state index contributed by atoms with van der Waals surface area (Å²) in [5, 5.41) is 0. The molecular formula is C11H11F4NO2. The zero-order chi connectivity index (χ0) is 13.9. The second-order valence-electron chi connectivity index (χ2n) is 3.52. The largest absolute Gasteiger partial charge is 0.465 e. The van der Waals surface area contributed by atoms with E-state index in [1.54, 1.807) is 6.92 Å². The van der Waals surface area contributed by atoms with E-state index in [1.807, 2.05) is 0 Å². The maximum atomic E-state index is 13.3. The van der Waals surface area contributed by atoms with Crippen LogP contribution in [-0.2, 0) is 16.0 Å². The van der Waals surface area contributed by atoms with Gasteiger partial charge in [0.05, 0.1) is 6.61 Å². The number of ether oxygens (including phenoxy) is 1. The third-order valence-corrected chi connectivity index (χ3v) is 2.21. The zero-order valence-electron chi connectivity index (χ0n) is 9.47. The number of rotatable bonds is 4. The first-order valence-corrected chi connectivity index (χ1v) is 5.12. The lowest BCUT2D eigenvalue weighted by molar-refractivity contribution is -0.144. The fourth-order valence-electron chi connectivity index (χ4n) is 1.34. The van der Waals surface area contributed by atoms with Crippen molar-refractivity contribution in [2.45, 2.75) is 19.4 Å². The standard InChI is InChI=1S/C11H11F4NO2/c1-2-18-11(17)7(16)4-5-3-6(12)9(14)10(15)8(5)13/h3,7H,2,4,16H2,1H3. The van der Waals surface area contributed by atoms with Crippen molar-refractivity contribution in [2.75, 3.05) is 6.61 Å². The Kier molecular flexibility index (Phi) is 4.66. The van der Waals surface area contributed by atoms with Gasteiger partial charge in [0.15, 0.2) is 23.3 Å². The highest BCUT2D eigenvalue weighted by Crippen LogP contribution is 2.19. The Morgan fingerprint density at radius 1 is 1.28 bits per heavy atom. The first-order valence-electron chi connectivity index (χ1n) is 5.12. The van der Waals surface area contributed by atoms with Crippen LogP contribution in [0, 0.1) is 23.3 Å². The van der Waals surface area contributed by atoms with E-state index in [9.17, 15) is 22.4 Å². The summed E-state index contributed by atoms with van der Waals surface area (Å²) in [5.74, 6) is -7.77. The lowest BCUT2D eigenvalue weighted by Crippen LogP contribution is -2.34. The van der Waals surface area contributed by atoms with Crippen molar-refractivity contribution < 1.29 is 27.1 Å². The van der Waals surface area contributed by atoms with Crippen LogP contribution in [0.2, 0.25) is 0 Å². The summed E-state index contributed by atoms with van der Waals surface area (Å²) in [6.07, 6.45) is -0.487. The van der Waals surface area contributed by atoms with E-state index in [0.29, 0.717) is 6.07 Å².